The van der Waals surface area contributed by atoms with E-state index in [9.17, 15) is 14.4 Å². The molecule has 0 saturated carbocycles. The molecule has 0 aliphatic carbocycles. The number of rotatable bonds is 1. The number of allylic oxidation sites excluding steroid dienone is 1. The van der Waals surface area contributed by atoms with Gasteiger partial charge in [0.2, 0.25) is 0 Å². The van der Waals surface area contributed by atoms with Crippen LogP contribution in [-0.4, -0.2) is 22.8 Å². The lowest BCUT2D eigenvalue weighted by Crippen LogP contribution is -2.24. The lowest BCUT2D eigenvalue weighted by atomic mass is 10.1. The molecule has 0 aromatic heterocycles. The van der Waals surface area contributed by atoms with Gasteiger partial charge in [0.25, 0.3) is 0 Å². The molecule has 5 nitrogen and oxygen atoms in total. The third kappa shape index (κ3) is 1.34. The quantitative estimate of drug-likeness (QED) is 0.336. The number of carbonyl (C=O) groups excluding carboxylic acids is 2. The van der Waals surface area contributed by atoms with Crippen molar-refractivity contribution >= 4 is 17.7 Å². The van der Waals surface area contributed by atoms with Gasteiger partial charge in [-0.25, -0.2) is 4.79 Å². The Labute approximate surface area is 67.6 Å². The number of ether oxygens (including phenoxy) is 1. The molecular weight excluding hydrogens is 164 g/mol. The average Bonchev–Trinajstić information content (AvgIpc) is 1.82. The minimum Gasteiger partial charge on any atom is -0.477 e. The predicted octanol–water partition coefficient (Wildman–Crippen LogP) is -0.139. The molecule has 1 aliphatic rings. The Kier molecular flexibility index (Phi) is 1.95. The molecule has 0 fully saturated rings. The fourth-order valence-corrected chi connectivity index (χ4v) is 0.944. The SMILES string of the molecule is CC1=C(C(=O)O)C(=O)CC(=O)O1. The highest BCUT2D eigenvalue weighted by Crippen LogP contribution is 2.16. The molecule has 0 aromatic carbocycles. The number of carboxylic acids is 1. The highest BCUT2D eigenvalue weighted by Gasteiger charge is 2.29. The van der Waals surface area contributed by atoms with Gasteiger partial charge in [0.05, 0.1) is 0 Å². The maximum absolute atomic E-state index is 10.9. The third-order valence-corrected chi connectivity index (χ3v) is 1.42. The lowest BCUT2D eigenvalue weighted by Gasteiger charge is -2.12. The van der Waals surface area contributed by atoms with Crippen LogP contribution in [0.1, 0.15) is 13.3 Å². The van der Waals surface area contributed by atoms with Gasteiger partial charge in [-0.05, 0) is 6.92 Å². The van der Waals surface area contributed by atoms with Gasteiger partial charge in [0.1, 0.15) is 17.8 Å². The second-order valence-corrected chi connectivity index (χ2v) is 2.31. The van der Waals surface area contributed by atoms with Crippen LogP contribution in [0.4, 0.5) is 0 Å². The Morgan fingerprint density at radius 2 is 2.08 bits per heavy atom. The maximum atomic E-state index is 10.9. The van der Waals surface area contributed by atoms with Crippen molar-refractivity contribution in [1.82, 2.24) is 0 Å². The number of cyclic esters (lactones) is 1. The number of esters is 1. The minimum atomic E-state index is -1.36. The standard InChI is InChI=1S/C7H6O5/c1-3-6(7(10)11)4(8)2-5(9)12-3/h2H2,1H3,(H,10,11). The molecular formula is C7H6O5. The van der Waals surface area contributed by atoms with Crippen LogP contribution in [0.2, 0.25) is 0 Å². The van der Waals surface area contributed by atoms with E-state index in [0.29, 0.717) is 0 Å². The molecule has 0 bridgehead atoms. The number of ketones is 1. The van der Waals surface area contributed by atoms with Crippen molar-refractivity contribution in [3.63, 3.8) is 0 Å². The Bertz CT molecular complexity index is 299. The molecule has 1 aliphatic heterocycles. The number of hydrogen-bond donors (Lipinski definition) is 1. The summed E-state index contributed by atoms with van der Waals surface area (Å²) in [6, 6.07) is 0. The molecule has 0 spiro atoms. The largest absolute Gasteiger partial charge is 0.477 e. The number of carbonyl (C=O) groups is 3. The summed E-state index contributed by atoms with van der Waals surface area (Å²) in [4.78, 5) is 31.9. The van der Waals surface area contributed by atoms with Crippen LogP contribution in [0.25, 0.3) is 0 Å². The zero-order valence-electron chi connectivity index (χ0n) is 6.29. The van der Waals surface area contributed by atoms with Crippen LogP contribution >= 0.6 is 0 Å². The number of aliphatic carboxylic acids is 1. The molecule has 0 radical (unpaired) electrons. The predicted molar refractivity (Wildman–Crippen MR) is 36.1 cm³/mol. The molecule has 1 N–H and O–H groups in total. The van der Waals surface area contributed by atoms with Crippen molar-refractivity contribution in [3.05, 3.63) is 11.3 Å². The van der Waals surface area contributed by atoms with E-state index in [1.807, 2.05) is 0 Å². The van der Waals surface area contributed by atoms with Gasteiger partial charge in [-0.1, -0.05) is 0 Å². The van der Waals surface area contributed by atoms with E-state index in [1.54, 1.807) is 0 Å². The monoisotopic (exact) mass is 170 g/mol. The molecule has 5 heteroatoms. The van der Waals surface area contributed by atoms with E-state index in [-0.39, 0.29) is 5.76 Å². The highest BCUT2D eigenvalue weighted by atomic mass is 16.5. The summed E-state index contributed by atoms with van der Waals surface area (Å²) in [5.74, 6) is -2.90. The molecule has 0 amide bonds. The van der Waals surface area contributed by atoms with Gasteiger partial charge in [-0.2, -0.15) is 0 Å². The van der Waals surface area contributed by atoms with Crippen LogP contribution in [0.3, 0.4) is 0 Å². The van der Waals surface area contributed by atoms with Crippen LogP contribution in [0.5, 0.6) is 0 Å². The Hall–Kier alpha value is -1.65. The van der Waals surface area contributed by atoms with E-state index in [1.165, 1.54) is 6.92 Å². The maximum Gasteiger partial charge on any atom is 0.342 e. The average molecular weight is 170 g/mol. The zero-order chi connectivity index (χ0) is 9.30. The normalized spacial score (nSPS) is 17.8. The van der Waals surface area contributed by atoms with E-state index < -0.39 is 29.7 Å². The minimum absolute atomic E-state index is 0.135. The molecule has 0 atom stereocenters. The highest BCUT2D eigenvalue weighted by molar-refractivity contribution is 6.22. The summed E-state index contributed by atoms with van der Waals surface area (Å²) < 4.78 is 4.47. The second kappa shape index (κ2) is 2.77. The van der Waals surface area contributed by atoms with Crippen LogP contribution in [-0.2, 0) is 19.1 Å². The third-order valence-electron chi connectivity index (χ3n) is 1.42. The topological polar surface area (TPSA) is 80.7 Å². The summed E-state index contributed by atoms with van der Waals surface area (Å²) in [6.45, 7) is 1.28. The van der Waals surface area contributed by atoms with E-state index in [2.05, 4.69) is 4.74 Å². The van der Waals surface area contributed by atoms with E-state index in [0.717, 1.165) is 0 Å². The summed E-state index contributed by atoms with van der Waals surface area (Å²) in [6.07, 6.45) is -0.487. The number of hydrogen-bond acceptors (Lipinski definition) is 4. The van der Waals surface area contributed by atoms with Crippen molar-refractivity contribution in [2.75, 3.05) is 0 Å². The van der Waals surface area contributed by atoms with Crippen molar-refractivity contribution in [2.24, 2.45) is 0 Å². The first kappa shape index (κ1) is 8.45. The number of carboxylic acid groups (broad SMARTS) is 1. The second-order valence-electron chi connectivity index (χ2n) is 2.31. The summed E-state index contributed by atoms with van der Waals surface area (Å²) in [5.41, 5.74) is -0.436. The van der Waals surface area contributed by atoms with Gasteiger partial charge in [0, 0.05) is 0 Å². The van der Waals surface area contributed by atoms with Gasteiger partial charge in [-0.15, -0.1) is 0 Å². The van der Waals surface area contributed by atoms with E-state index >= 15 is 0 Å². The van der Waals surface area contributed by atoms with Crippen molar-refractivity contribution < 1.29 is 24.2 Å². The fourth-order valence-electron chi connectivity index (χ4n) is 0.944. The molecule has 1 rings (SSSR count). The first-order valence-corrected chi connectivity index (χ1v) is 3.20. The smallest absolute Gasteiger partial charge is 0.342 e. The van der Waals surface area contributed by atoms with Crippen LogP contribution in [0, 0.1) is 0 Å². The summed E-state index contributed by atoms with van der Waals surface area (Å²) >= 11 is 0. The van der Waals surface area contributed by atoms with Gasteiger partial charge in [-0.3, -0.25) is 9.59 Å². The Morgan fingerprint density at radius 1 is 1.50 bits per heavy atom. The van der Waals surface area contributed by atoms with Crippen LogP contribution < -0.4 is 0 Å². The summed E-state index contributed by atoms with van der Waals surface area (Å²) in [5, 5.41) is 8.50. The fraction of sp³-hybridized carbons (Fsp3) is 0.286. The lowest BCUT2D eigenvalue weighted by molar-refractivity contribution is -0.145. The number of Topliss-reactive ketones (excluding diaryl/α,β-unsaturated/α-hetero) is 1. The van der Waals surface area contributed by atoms with Gasteiger partial charge < -0.3 is 9.84 Å². The first-order valence-electron chi connectivity index (χ1n) is 3.20. The Morgan fingerprint density at radius 3 is 2.50 bits per heavy atom. The molecule has 0 aromatic rings. The molecule has 0 saturated heterocycles. The van der Waals surface area contributed by atoms with Crippen molar-refractivity contribution in [1.29, 1.82) is 0 Å². The zero-order valence-corrected chi connectivity index (χ0v) is 6.29. The van der Waals surface area contributed by atoms with Crippen molar-refractivity contribution in [3.8, 4) is 0 Å². The molecule has 0 unspecified atom stereocenters. The molecule has 12 heavy (non-hydrogen) atoms. The van der Waals surface area contributed by atoms with Crippen LogP contribution in [0.15, 0.2) is 11.3 Å². The van der Waals surface area contributed by atoms with Crippen molar-refractivity contribution in [2.45, 2.75) is 13.3 Å². The Balaban J connectivity index is 3.09. The first-order chi connectivity index (χ1) is 5.52. The molecule has 64 valence electrons. The molecule has 1 heterocycles. The van der Waals surface area contributed by atoms with Gasteiger partial charge >= 0.3 is 11.9 Å². The van der Waals surface area contributed by atoms with E-state index in [4.69, 9.17) is 5.11 Å². The summed E-state index contributed by atoms with van der Waals surface area (Å²) in [7, 11) is 0. The van der Waals surface area contributed by atoms with Gasteiger partial charge in [0.15, 0.2) is 5.78 Å².